The van der Waals surface area contributed by atoms with E-state index in [4.69, 9.17) is 16.3 Å². The highest BCUT2D eigenvalue weighted by molar-refractivity contribution is 7.89. The molecule has 1 aliphatic heterocycles. The number of nitrogens with zero attached hydrogens (tertiary/aromatic N) is 2. The Morgan fingerprint density at radius 3 is 2.14 bits per heavy atom. The van der Waals surface area contributed by atoms with E-state index in [1.54, 1.807) is 62.4 Å². The van der Waals surface area contributed by atoms with Crippen molar-refractivity contribution in [2.24, 2.45) is 0 Å². The molecule has 194 valence electrons. The molecule has 1 atom stereocenters. The smallest absolute Gasteiger partial charge is 0.252 e. The van der Waals surface area contributed by atoms with Crippen LogP contribution in [0, 0.1) is 27.7 Å². The zero-order valence-corrected chi connectivity index (χ0v) is 23.0. The van der Waals surface area contributed by atoms with E-state index in [-0.39, 0.29) is 17.9 Å². The van der Waals surface area contributed by atoms with Crippen molar-refractivity contribution in [3.63, 3.8) is 0 Å². The molecule has 1 heterocycles. The lowest BCUT2D eigenvalue weighted by Crippen LogP contribution is -2.45. The number of imide groups is 1. The van der Waals surface area contributed by atoms with Crippen molar-refractivity contribution in [3.8, 4) is 5.75 Å². The van der Waals surface area contributed by atoms with Crippen LogP contribution >= 0.6 is 11.6 Å². The summed E-state index contributed by atoms with van der Waals surface area (Å²) in [7, 11) is -2.70. The minimum atomic E-state index is -4.22. The molecule has 1 saturated heterocycles. The van der Waals surface area contributed by atoms with Gasteiger partial charge in [-0.2, -0.15) is 4.31 Å². The predicted octanol–water partition coefficient (Wildman–Crippen LogP) is 5.11. The molecule has 3 aromatic carbocycles. The molecule has 4 rings (SSSR count). The van der Waals surface area contributed by atoms with E-state index in [9.17, 15) is 18.0 Å². The van der Waals surface area contributed by atoms with Gasteiger partial charge in [0.1, 0.15) is 11.8 Å². The third-order valence-corrected chi connectivity index (χ3v) is 9.45. The first kappa shape index (κ1) is 26.9. The summed E-state index contributed by atoms with van der Waals surface area (Å²) in [6, 6.07) is 14.1. The number of halogens is 1. The van der Waals surface area contributed by atoms with Crippen molar-refractivity contribution in [2.75, 3.05) is 12.0 Å². The lowest BCUT2D eigenvalue weighted by atomic mass is 10.0. The van der Waals surface area contributed by atoms with Crippen LogP contribution in [0.15, 0.2) is 59.5 Å². The summed E-state index contributed by atoms with van der Waals surface area (Å²) in [5, 5.41) is 0.375. The van der Waals surface area contributed by atoms with E-state index >= 15 is 0 Å². The van der Waals surface area contributed by atoms with Gasteiger partial charge in [-0.25, -0.2) is 13.3 Å². The van der Waals surface area contributed by atoms with Gasteiger partial charge in [0.05, 0.1) is 24.1 Å². The predicted molar refractivity (Wildman–Crippen MR) is 143 cm³/mol. The standard InChI is InChI=1S/C28H29ClN2O5S/c1-17-14-18(2)20(4)27(19(17)3)37(34,35)30(16-21-8-6-7-9-24(21)29)25-15-26(32)31(28(25)33)22-10-12-23(36-5)13-11-22/h6-14,25H,15-16H2,1-5H3. The number of amides is 2. The zero-order valence-electron chi connectivity index (χ0n) is 21.4. The molecule has 37 heavy (non-hydrogen) atoms. The average Bonchev–Trinajstić information content (AvgIpc) is 3.15. The molecule has 0 N–H and O–H groups in total. The highest BCUT2D eigenvalue weighted by atomic mass is 35.5. The summed E-state index contributed by atoms with van der Waals surface area (Å²) in [4.78, 5) is 28.0. The largest absolute Gasteiger partial charge is 0.497 e. The first-order valence-electron chi connectivity index (χ1n) is 11.8. The summed E-state index contributed by atoms with van der Waals surface area (Å²) < 4.78 is 35.0. The number of carbonyl (C=O) groups excluding carboxylic acids is 2. The fourth-order valence-corrected chi connectivity index (χ4v) is 7.02. The highest BCUT2D eigenvalue weighted by Crippen LogP contribution is 2.35. The molecule has 3 aromatic rings. The number of hydrogen-bond acceptors (Lipinski definition) is 5. The normalized spacial score (nSPS) is 16.1. The maximum absolute atomic E-state index is 14.3. The average molecular weight is 541 g/mol. The van der Waals surface area contributed by atoms with Crippen LogP contribution in [0.5, 0.6) is 5.75 Å². The maximum Gasteiger partial charge on any atom is 0.252 e. The van der Waals surface area contributed by atoms with Crippen molar-refractivity contribution >= 4 is 39.1 Å². The van der Waals surface area contributed by atoms with Crippen LogP contribution in [-0.2, 0) is 26.2 Å². The molecule has 7 nitrogen and oxygen atoms in total. The van der Waals surface area contributed by atoms with E-state index in [2.05, 4.69) is 0 Å². The van der Waals surface area contributed by atoms with Crippen LogP contribution in [0.1, 0.15) is 34.2 Å². The Labute approximate surface area is 222 Å². The monoisotopic (exact) mass is 540 g/mol. The molecule has 1 unspecified atom stereocenters. The fourth-order valence-electron chi connectivity index (χ4n) is 4.69. The van der Waals surface area contributed by atoms with E-state index in [1.165, 1.54) is 7.11 Å². The Bertz CT molecular complexity index is 1460. The molecule has 0 bridgehead atoms. The molecule has 2 amide bonds. The summed E-state index contributed by atoms with van der Waals surface area (Å²) in [6.45, 7) is 7.07. The van der Waals surface area contributed by atoms with Gasteiger partial charge in [-0.1, -0.05) is 35.9 Å². The van der Waals surface area contributed by atoms with E-state index in [0.717, 1.165) is 20.3 Å². The number of aryl methyl sites for hydroxylation is 2. The van der Waals surface area contributed by atoms with Gasteiger partial charge in [-0.05, 0) is 85.8 Å². The van der Waals surface area contributed by atoms with Gasteiger partial charge in [0.15, 0.2) is 0 Å². The number of benzene rings is 3. The Kier molecular flexibility index (Phi) is 7.46. The fraction of sp³-hybridized carbons (Fsp3) is 0.286. The Balaban J connectivity index is 1.84. The van der Waals surface area contributed by atoms with Crippen molar-refractivity contribution in [1.29, 1.82) is 0 Å². The maximum atomic E-state index is 14.3. The Hall–Kier alpha value is -3.20. The quantitative estimate of drug-likeness (QED) is 0.389. The SMILES string of the molecule is COc1ccc(N2C(=O)CC(N(Cc3ccccc3Cl)S(=O)(=O)c3c(C)c(C)cc(C)c3C)C2=O)cc1. The number of rotatable bonds is 7. The van der Waals surface area contributed by atoms with Crippen molar-refractivity contribution < 1.29 is 22.7 Å². The second-order valence-corrected chi connectivity index (χ2v) is 11.5. The van der Waals surface area contributed by atoms with Gasteiger partial charge in [-0.15, -0.1) is 0 Å². The molecule has 0 radical (unpaired) electrons. The lowest BCUT2D eigenvalue weighted by Gasteiger charge is -2.29. The van der Waals surface area contributed by atoms with Gasteiger partial charge in [0.2, 0.25) is 15.9 Å². The van der Waals surface area contributed by atoms with Crippen LogP contribution in [0.4, 0.5) is 5.69 Å². The second kappa shape index (κ2) is 10.3. The molecule has 1 aliphatic rings. The van der Waals surface area contributed by atoms with Gasteiger partial charge in [0.25, 0.3) is 5.91 Å². The van der Waals surface area contributed by atoms with E-state index in [1.807, 2.05) is 19.9 Å². The molecule has 1 fully saturated rings. The van der Waals surface area contributed by atoms with Crippen LogP contribution in [0.25, 0.3) is 0 Å². The van der Waals surface area contributed by atoms with Gasteiger partial charge >= 0.3 is 0 Å². The van der Waals surface area contributed by atoms with Gasteiger partial charge in [-0.3, -0.25) is 9.59 Å². The summed E-state index contributed by atoms with van der Waals surface area (Å²) >= 11 is 6.41. The van der Waals surface area contributed by atoms with Crippen LogP contribution < -0.4 is 9.64 Å². The van der Waals surface area contributed by atoms with Crippen LogP contribution in [0.3, 0.4) is 0 Å². The van der Waals surface area contributed by atoms with E-state index < -0.39 is 27.9 Å². The van der Waals surface area contributed by atoms with E-state index in [0.29, 0.717) is 33.1 Å². The summed E-state index contributed by atoms with van der Waals surface area (Å²) in [6.07, 6.45) is -0.280. The minimum absolute atomic E-state index is 0.153. The number of sulfonamides is 1. The lowest BCUT2D eigenvalue weighted by molar-refractivity contribution is -0.122. The highest BCUT2D eigenvalue weighted by Gasteiger charge is 2.47. The number of hydrogen-bond donors (Lipinski definition) is 0. The Morgan fingerprint density at radius 2 is 1.57 bits per heavy atom. The Morgan fingerprint density at radius 1 is 0.973 bits per heavy atom. The van der Waals surface area contributed by atoms with Crippen LogP contribution in [0.2, 0.25) is 5.02 Å². The van der Waals surface area contributed by atoms with Gasteiger partial charge in [0, 0.05) is 11.6 Å². The summed E-state index contributed by atoms with van der Waals surface area (Å²) in [5.74, 6) is -0.512. The molecule has 0 aliphatic carbocycles. The van der Waals surface area contributed by atoms with Gasteiger partial charge < -0.3 is 4.74 Å². The first-order valence-corrected chi connectivity index (χ1v) is 13.6. The molecule has 0 spiro atoms. The molecule has 0 saturated carbocycles. The number of methoxy groups -OCH3 is 1. The third kappa shape index (κ3) is 4.89. The topological polar surface area (TPSA) is 84.0 Å². The van der Waals surface area contributed by atoms with Crippen LogP contribution in [-0.4, -0.2) is 37.7 Å². The number of anilines is 1. The molecular weight excluding hydrogens is 512 g/mol. The molecule has 0 aromatic heterocycles. The first-order chi connectivity index (χ1) is 17.5. The van der Waals surface area contributed by atoms with Crippen molar-refractivity contribution in [3.05, 3.63) is 87.4 Å². The second-order valence-electron chi connectivity index (χ2n) is 9.22. The molecule has 9 heteroatoms. The third-order valence-electron chi connectivity index (χ3n) is 6.95. The van der Waals surface area contributed by atoms with Crippen molar-refractivity contribution in [2.45, 2.75) is 51.6 Å². The molecular formula is C28H29ClN2O5S. The number of ether oxygens (including phenoxy) is 1. The zero-order chi connectivity index (χ0) is 27.1. The van der Waals surface area contributed by atoms with Crippen molar-refractivity contribution in [1.82, 2.24) is 4.31 Å². The minimum Gasteiger partial charge on any atom is -0.497 e. The summed E-state index contributed by atoms with van der Waals surface area (Å²) in [5.41, 5.74) is 3.76. The number of carbonyl (C=O) groups is 2.